The van der Waals surface area contributed by atoms with Crippen molar-refractivity contribution in [2.24, 2.45) is 0 Å². The molecule has 3 nitrogen and oxygen atoms in total. The number of hydrogen-bond donors (Lipinski definition) is 1. The minimum Gasteiger partial charge on any atom is -0.491 e. The first-order chi connectivity index (χ1) is 7.11. The quantitative estimate of drug-likeness (QED) is 0.767. The van der Waals surface area contributed by atoms with Crippen molar-refractivity contribution < 1.29 is 9.53 Å². The number of rotatable bonds is 4. The molecule has 1 N–H and O–H groups in total. The Bertz CT molecular complexity index is 341. The second kappa shape index (κ2) is 5.20. The van der Waals surface area contributed by atoms with Crippen LogP contribution in [0.5, 0.6) is 5.75 Å². The van der Waals surface area contributed by atoms with Crippen LogP contribution in [-0.2, 0) is 4.79 Å². The summed E-state index contributed by atoms with van der Waals surface area (Å²) in [6.07, 6.45) is 1.39. The number of carbonyl (C=O) groups excluding carboxylic acids is 1. The lowest BCUT2D eigenvalue weighted by Gasteiger charge is -2.10. The molecule has 15 heavy (non-hydrogen) atoms. The van der Waals surface area contributed by atoms with Gasteiger partial charge < -0.3 is 10.1 Å². The first-order valence-corrected chi connectivity index (χ1v) is 4.82. The minimum atomic E-state index is -0.215. The standard InChI is InChI=1S/C12H15NO2/c1-4-12(14)13-10-5-7-11(8-6-10)15-9(2)3/h4-9H,1H2,2-3H3,(H,13,14). The number of carbonyl (C=O) groups is 1. The number of hydrogen-bond acceptors (Lipinski definition) is 2. The fraction of sp³-hybridized carbons (Fsp3) is 0.250. The SMILES string of the molecule is C=CC(=O)Nc1ccc(OC(C)C)cc1. The van der Waals surface area contributed by atoms with Gasteiger partial charge in [0.05, 0.1) is 6.10 Å². The van der Waals surface area contributed by atoms with Crippen molar-refractivity contribution in [3.05, 3.63) is 36.9 Å². The molecule has 3 heteroatoms. The first-order valence-electron chi connectivity index (χ1n) is 4.82. The summed E-state index contributed by atoms with van der Waals surface area (Å²) in [5.74, 6) is 0.578. The van der Waals surface area contributed by atoms with Crippen LogP contribution in [0.15, 0.2) is 36.9 Å². The van der Waals surface area contributed by atoms with Crippen LogP contribution in [0.4, 0.5) is 5.69 Å². The summed E-state index contributed by atoms with van der Waals surface area (Å²) in [4.78, 5) is 11.0. The lowest BCUT2D eigenvalue weighted by atomic mass is 10.3. The third-order valence-electron chi connectivity index (χ3n) is 1.68. The molecular formula is C12H15NO2. The van der Waals surface area contributed by atoms with Crippen molar-refractivity contribution >= 4 is 11.6 Å². The Balaban J connectivity index is 2.63. The van der Waals surface area contributed by atoms with Crippen molar-refractivity contribution in [1.29, 1.82) is 0 Å². The number of nitrogens with one attached hydrogen (secondary N) is 1. The highest BCUT2D eigenvalue weighted by Gasteiger charge is 1.99. The Morgan fingerprint density at radius 1 is 1.40 bits per heavy atom. The van der Waals surface area contributed by atoms with Crippen LogP contribution in [0.25, 0.3) is 0 Å². The van der Waals surface area contributed by atoms with Crippen LogP contribution >= 0.6 is 0 Å². The van der Waals surface area contributed by atoms with E-state index in [-0.39, 0.29) is 12.0 Å². The Kier molecular flexibility index (Phi) is 3.92. The lowest BCUT2D eigenvalue weighted by Crippen LogP contribution is -2.08. The van der Waals surface area contributed by atoms with Gasteiger partial charge in [-0.05, 0) is 44.2 Å². The molecule has 0 saturated carbocycles. The molecule has 80 valence electrons. The van der Waals surface area contributed by atoms with Gasteiger partial charge in [0.2, 0.25) is 5.91 Å². The van der Waals surface area contributed by atoms with Gasteiger partial charge in [-0.2, -0.15) is 0 Å². The van der Waals surface area contributed by atoms with Crippen molar-refractivity contribution in [1.82, 2.24) is 0 Å². The Hall–Kier alpha value is -1.77. The maximum Gasteiger partial charge on any atom is 0.247 e. The molecule has 0 aliphatic heterocycles. The lowest BCUT2D eigenvalue weighted by molar-refractivity contribution is -0.111. The van der Waals surface area contributed by atoms with Crippen LogP contribution in [-0.4, -0.2) is 12.0 Å². The van der Waals surface area contributed by atoms with E-state index in [1.807, 2.05) is 26.0 Å². The summed E-state index contributed by atoms with van der Waals surface area (Å²) in [6.45, 7) is 7.31. The predicted molar refractivity (Wildman–Crippen MR) is 61.0 cm³/mol. The monoisotopic (exact) mass is 205 g/mol. The molecule has 0 bridgehead atoms. The van der Waals surface area contributed by atoms with Gasteiger partial charge in [0.15, 0.2) is 0 Å². The van der Waals surface area contributed by atoms with Gasteiger partial charge in [0.1, 0.15) is 5.75 Å². The Labute approximate surface area is 89.8 Å². The highest BCUT2D eigenvalue weighted by Crippen LogP contribution is 2.16. The summed E-state index contributed by atoms with van der Waals surface area (Å²) >= 11 is 0. The highest BCUT2D eigenvalue weighted by molar-refractivity contribution is 5.98. The van der Waals surface area contributed by atoms with E-state index in [0.717, 1.165) is 11.4 Å². The van der Waals surface area contributed by atoms with Crippen molar-refractivity contribution in [2.75, 3.05) is 5.32 Å². The Morgan fingerprint density at radius 2 is 2.00 bits per heavy atom. The molecule has 0 atom stereocenters. The van der Waals surface area contributed by atoms with Gasteiger partial charge in [-0.15, -0.1) is 0 Å². The van der Waals surface area contributed by atoms with E-state index in [4.69, 9.17) is 4.74 Å². The molecule has 0 spiro atoms. The molecular weight excluding hydrogens is 190 g/mol. The Morgan fingerprint density at radius 3 is 2.47 bits per heavy atom. The molecule has 1 aromatic rings. The van der Waals surface area contributed by atoms with Crippen molar-refractivity contribution in [2.45, 2.75) is 20.0 Å². The van der Waals surface area contributed by atoms with Crippen LogP contribution in [0, 0.1) is 0 Å². The first kappa shape index (κ1) is 11.3. The summed E-state index contributed by atoms with van der Waals surface area (Å²) in [6, 6.07) is 7.22. The predicted octanol–water partition coefficient (Wildman–Crippen LogP) is 2.60. The molecule has 0 heterocycles. The molecule has 0 saturated heterocycles. The number of anilines is 1. The van der Waals surface area contributed by atoms with Crippen molar-refractivity contribution in [3.8, 4) is 5.75 Å². The van der Waals surface area contributed by atoms with E-state index in [1.165, 1.54) is 6.08 Å². The zero-order valence-corrected chi connectivity index (χ0v) is 8.99. The van der Waals surface area contributed by atoms with E-state index in [0.29, 0.717) is 0 Å². The molecule has 0 aromatic heterocycles. The van der Waals surface area contributed by atoms with E-state index in [1.54, 1.807) is 12.1 Å². The third-order valence-corrected chi connectivity index (χ3v) is 1.68. The molecule has 0 aliphatic rings. The summed E-state index contributed by atoms with van der Waals surface area (Å²) in [5, 5.41) is 2.66. The van der Waals surface area contributed by atoms with Gasteiger partial charge >= 0.3 is 0 Å². The third kappa shape index (κ3) is 3.85. The van der Waals surface area contributed by atoms with E-state index >= 15 is 0 Å². The van der Waals surface area contributed by atoms with Gasteiger partial charge in [-0.3, -0.25) is 4.79 Å². The van der Waals surface area contributed by atoms with Gasteiger partial charge in [0, 0.05) is 5.69 Å². The summed E-state index contributed by atoms with van der Waals surface area (Å²) in [5.41, 5.74) is 0.732. The van der Waals surface area contributed by atoms with Crippen LogP contribution in [0.1, 0.15) is 13.8 Å². The fourth-order valence-corrected chi connectivity index (χ4v) is 1.08. The maximum atomic E-state index is 11.0. The van der Waals surface area contributed by atoms with Crippen LogP contribution in [0.2, 0.25) is 0 Å². The largest absolute Gasteiger partial charge is 0.491 e. The van der Waals surface area contributed by atoms with E-state index in [2.05, 4.69) is 11.9 Å². The molecule has 1 aromatic carbocycles. The van der Waals surface area contributed by atoms with Crippen LogP contribution < -0.4 is 10.1 Å². The fourth-order valence-electron chi connectivity index (χ4n) is 1.08. The van der Waals surface area contributed by atoms with Crippen molar-refractivity contribution in [3.63, 3.8) is 0 Å². The number of ether oxygens (including phenoxy) is 1. The van der Waals surface area contributed by atoms with Gasteiger partial charge in [-0.25, -0.2) is 0 Å². The zero-order valence-electron chi connectivity index (χ0n) is 8.99. The number of benzene rings is 1. The second-order valence-corrected chi connectivity index (χ2v) is 3.38. The zero-order chi connectivity index (χ0) is 11.3. The minimum absolute atomic E-state index is 0.151. The topological polar surface area (TPSA) is 38.3 Å². The normalized spacial score (nSPS) is 9.80. The van der Waals surface area contributed by atoms with Gasteiger partial charge in [0.25, 0.3) is 0 Å². The molecule has 0 radical (unpaired) electrons. The van der Waals surface area contributed by atoms with E-state index < -0.39 is 0 Å². The second-order valence-electron chi connectivity index (χ2n) is 3.38. The average Bonchev–Trinajstić information content (AvgIpc) is 2.20. The smallest absolute Gasteiger partial charge is 0.247 e. The molecule has 1 amide bonds. The van der Waals surface area contributed by atoms with Gasteiger partial charge in [-0.1, -0.05) is 6.58 Å². The van der Waals surface area contributed by atoms with E-state index in [9.17, 15) is 4.79 Å². The molecule has 0 unspecified atom stereocenters. The molecule has 1 rings (SSSR count). The van der Waals surface area contributed by atoms with Crippen LogP contribution in [0.3, 0.4) is 0 Å². The average molecular weight is 205 g/mol. The summed E-state index contributed by atoms with van der Waals surface area (Å²) < 4.78 is 5.47. The molecule has 0 fully saturated rings. The molecule has 0 aliphatic carbocycles. The number of amides is 1. The maximum absolute atomic E-state index is 11.0. The summed E-state index contributed by atoms with van der Waals surface area (Å²) in [7, 11) is 0. The highest BCUT2D eigenvalue weighted by atomic mass is 16.5.